The van der Waals surface area contributed by atoms with E-state index in [9.17, 15) is 4.79 Å². The van der Waals surface area contributed by atoms with Crippen LogP contribution in [0.25, 0.3) is 0 Å². The van der Waals surface area contributed by atoms with Crippen LogP contribution in [0.5, 0.6) is 0 Å². The number of fused-ring (bicyclic) bond motifs is 1. The summed E-state index contributed by atoms with van der Waals surface area (Å²) in [5, 5.41) is 11.4. The fourth-order valence-corrected chi connectivity index (χ4v) is 4.09. The molecule has 4 heterocycles. The van der Waals surface area contributed by atoms with Crippen LogP contribution in [0.4, 0.5) is 5.82 Å². The Labute approximate surface area is 164 Å². The molecule has 2 aliphatic heterocycles. The van der Waals surface area contributed by atoms with Crippen molar-refractivity contribution in [2.45, 2.75) is 26.8 Å². The Kier molecular flexibility index (Phi) is 5.96. The van der Waals surface area contributed by atoms with Crippen molar-refractivity contribution in [2.24, 2.45) is 11.8 Å². The van der Waals surface area contributed by atoms with Gasteiger partial charge in [-0.1, -0.05) is 6.07 Å². The predicted molar refractivity (Wildman–Crippen MR) is 105 cm³/mol. The third-order valence-electron chi connectivity index (χ3n) is 5.54. The van der Waals surface area contributed by atoms with Gasteiger partial charge in [-0.2, -0.15) is 5.10 Å². The number of pyridine rings is 1. The van der Waals surface area contributed by atoms with Crippen LogP contribution in [0.15, 0.2) is 24.4 Å². The van der Waals surface area contributed by atoms with Gasteiger partial charge < -0.3 is 14.9 Å². The highest BCUT2D eigenvalue weighted by atomic mass is 16.3. The van der Waals surface area contributed by atoms with E-state index in [0.29, 0.717) is 11.8 Å². The maximum absolute atomic E-state index is 12.3. The van der Waals surface area contributed by atoms with Crippen molar-refractivity contribution in [1.82, 2.24) is 19.7 Å². The summed E-state index contributed by atoms with van der Waals surface area (Å²) in [6.07, 6.45) is 3.03. The van der Waals surface area contributed by atoms with Crippen LogP contribution in [0, 0.1) is 25.7 Å². The van der Waals surface area contributed by atoms with E-state index in [1.54, 1.807) is 0 Å². The summed E-state index contributed by atoms with van der Waals surface area (Å²) in [5.74, 6) is 1.87. The van der Waals surface area contributed by atoms with Gasteiger partial charge in [-0.3, -0.25) is 14.3 Å². The molecule has 8 nitrogen and oxygen atoms in total. The van der Waals surface area contributed by atoms with Crippen LogP contribution < -0.4 is 4.90 Å². The number of nitrogens with zero attached hydrogens (tertiary/aromatic N) is 5. The van der Waals surface area contributed by atoms with Gasteiger partial charge in [0.05, 0.1) is 18.2 Å². The molecule has 2 aromatic rings. The highest BCUT2D eigenvalue weighted by molar-refractivity contribution is 5.81. The zero-order valence-electron chi connectivity index (χ0n) is 16.6. The average molecular weight is 385 g/mol. The first-order valence-corrected chi connectivity index (χ1v) is 9.46. The molecule has 2 aliphatic rings. The normalized spacial score (nSPS) is 21.2. The lowest BCUT2D eigenvalue weighted by molar-refractivity contribution is -0.137. The van der Waals surface area contributed by atoms with E-state index < -0.39 is 0 Å². The quantitative estimate of drug-likeness (QED) is 0.806. The molecule has 2 atom stereocenters. The summed E-state index contributed by atoms with van der Waals surface area (Å²) in [4.78, 5) is 29.5. The van der Waals surface area contributed by atoms with E-state index in [-0.39, 0.29) is 12.4 Å². The highest BCUT2D eigenvalue weighted by Gasteiger charge is 2.42. The Morgan fingerprint density at radius 3 is 2.64 bits per heavy atom. The molecule has 0 radical (unpaired) electrons. The number of hydrogen-bond acceptors (Lipinski definition) is 5. The molecule has 1 amide bonds. The number of carbonyl (C=O) groups excluding carboxylic acids is 1. The van der Waals surface area contributed by atoms with Crippen LogP contribution in [0.1, 0.15) is 23.4 Å². The van der Waals surface area contributed by atoms with Gasteiger partial charge in [-0.25, -0.2) is 4.98 Å². The highest BCUT2D eigenvalue weighted by Crippen LogP contribution is 2.33. The minimum absolute atomic E-state index is 0.134. The topological polar surface area (TPSA) is 91.6 Å². The number of carboxylic acid groups (broad SMARTS) is 1. The van der Waals surface area contributed by atoms with Gasteiger partial charge in [0.15, 0.2) is 0 Å². The third-order valence-corrected chi connectivity index (χ3v) is 5.54. The fraction of sp³-hybridized carbons (Fsp3) is 0.500. The Balaban J connectivity index is 0.000000706. The van der Waals surface area contributed by atoms with Gasteiger partial charge >= 0.3 is 0 Å². The van der Waals surface area contributed by atoms with E-state index in [1.165, 1.54) is 0 Å². The molecule has 0 aliphatic carbocycles. The number of aromatic nitrogens is 3. The summed E-state index contributed by atoms with van der Waals surface area (Å²) < 4.78 is 2.00. The second-order valence-electron chi connectivity index (χ2n) is 7.53. The van der Waals surface area contributed by atoms with E-state index in [2.05, 4.69) is 40.1 Å². The molecule has 1 N–H and O–H groups in total. The number of amides is 1. The first-order valence-electron chi connectivity index (χ1n) is 9.46. The molecule has 0 spiro atoms. The maximum Gasteiger partial charge on any atom is 0.290 e. The summed E-state index contributed by atoms with van der Waals surface area (Å²) in [6, 6.07) is 6.28. The van der Waals surface area contributed by atoms with E-state index in [1.807, 2.05) is 29.7 Å². The van der Waals surface area contributed by atoms with Crippen LogP contribution in [-0.2, 0) is 16.1 Å². The fourth-order valence-electron chi connectivity index (χ4n) is 4.09. The van der Waals surface area contributed by atoms with E-state index in [4.69, 9.17) is 9.90 Å². The molecule has 2 aromatic heterocycles. The molecule has 28 heavy (non-hydrogen) atoms. The third kappa shape index (κ3) is 4.16. The van der Waals surface area contributed by atoms with Crippen molar-refractivity contribution in [3.8, 4) is 0 Å². The average Bonchev–Trinajstić information content (AvgIpc) is 3.23. The maximum atomic E-state index is 12.3. The lowest BCUT2D eigenvalue weighted by Crippen LogP contribution is -2.42. The minimum Gasteiger partial charge on any atom is -0.483 e. The molecule has 0 aromatic carbocycles. The van der Waals surface area contributed by atoms with Crippen LogP contribution in [-0.4, -0.2) is 63.8 Å². The zero-order valence-corrected chi connectivity index (χ0v) is 16.6. The molecule has 2 fully saturated rings. The number of anilines is 1. The van der Waals surface area contributed by atoms with E-state index >= 15 is 0 Å². The Morgan fingerprint density at radius 1 is 1.29 bits per heavy atom. The van der Waals surface area contributed by atoms with Gasteiger partial charge in [0.1, 0.15) is 5.82 Å². The van der Waals surface area contributed by atoms with Crippen LogP contribution in [0.3, 0.4) is 0 Å². The number of carbonyl (C=O) groups is 2. The molecular weight excluding hydrogens is 358 g/mol. The number of likely N-dealkylation sites (tertiary alicyclic amines) is 1. The first-order chi connectivity index (χ1) is 13.4. The summed E-state index contributed by atoms with van der Waals surface area (Å²) in [6.45, 7) is 7.17. The molecule has 0 bridgehead atoms. The van der Waals surface area contributed by atoms with Crippen molar-refractivity contribution in [2.75, 3.05) is 31.6 Å². The summed E-state index contributed by atoms with van der Waals surface area (Å²) in [7, 11) is 1.91. The van der Waals surface area contributed by atoms with Gasteiger partial charge in [-0.15, -0.1) is 0 Å². The largest absolute Gasteiger partial charge is 0.483 e. The number of rotatable bonds is 3. The second kappa shape index (κ2) is 8.41. The Hall–Kier alpha value is -2.90. The van der Waals surface area contributed by atoms with Gasteiger partial charge in [-0.05, 0) is 43.9 Å². The minimum atomic E-state index is -0.250. The monoisotopic (exact) mass is 385 g/mol. The smallest absolute Gasteiger partial charge is 0.290 e. The van der Waals surface area contributed by atoms with Crippen molar-refractivity contribution >= 4 is 18.2 Å². The van der Waals surface area contributed by atoms with Crippen molar-refractivity contribution in [3.05, 3.63) is 41.3 Å². The first kappa shape index (κ1) is 19.9. The Bertz CT molecular complexity index is 833. The SMILES string of the molecule is Cc1cc(C)n(Cc2ccc(N3C[C@H]4CCN(C)C(=O)[C@H]4C3)nc2)n1.O=CO. The molecule has 2 saturated heterocycles. The van der Waals surface area contributed by atoms with Crippen molar-refractivity contribution in [3.63, 3.8) is 0 Å². The lowest BCUT2D eigenvalue weighted by atomic mass is 9.88. The van der Waals surface area contributed by atoms with Gasteiger partial charge in [0.25, 0.3) is 6.47 Å². The van der Waals surface area contributed by atoms with Crippen LogP contribution >= 0.6 is 0 Å². The van der Waals surface area contributed by atoms with Gasteiger partial charge in [0, 0.05) is 38.6 Å². The molecular formula is C20H27N5O3. The Morgan fingerprint density at radius 2 is 2.04 bits per heavy atom. The molecule has 0 saturated carbocycles. The zero-order chi connectivity index (χ0) is 20.3. The predicted octanol–water partition coefficient (Wildman–Crippen LogP) is 1.56. The number of piperidine rings is 1. The molecule has 8 heteroatoms. The standard InChI is InChI=1S/C19H25N5O.CH2O2/c1-13-8-14(2)24(21-13)10-15-4-5-18(20-9-15)23-11-16-6-7-22(3)19(25)17(16)12-23;2-1-3/h4-5,8-9,16-17H,6-7,10-12H2,1-3H3;1H,(H,2,3)/t16-,17+;/m1./s1. The van der Waals surface area contributed by atoms with Gasteiger partial charge in [0.2, 0.25) is 5.91 Å². The lowest BCUT2D eigenvalue weighted by Gasteiger charge is -2.30. The second-order valence-corrected chi connectivity index (χ2v) is 7.53. The molecule has 4 rings (SSSR count). The number of hydrogen-bond donors (Lipinski definition) is 1. The molecule has 0 unspecified atom stereocenters. The van der Waals surface area contributed by atoms with Crippen molar-refractivity contribution < 1.29 is 14.7 Å². The number of aryl methyl sites for hydroxylation is 2. The molecule has 150 valence electrons. The van der Waals surface area contributed by atoms with E-state index in [0.717, 1.165) is 55.4 Å². The summed E-state index contributed by atoms with van der Waals surface area (Å²) >= 11 is 0. The van der Waals surface area contributed by atoms with Crippen molar-refractivity contribution in [1.29, 1.82) is 0 Å². The van der Waals surface area contributed by atoms with Crippen LogP contribution in [0.2, 0.25) is 0 Å². The summed E-state index contributed by atoms with van der Waals surface area (Å²) in [5.41, 5.74) is 3.34.